The maximum absolute atomic E-state index is 6.67. The Hall–Kier alpha value is -8.15. The topological polar surface area (TPSA) is 55.1 Å². The fraction of sp³-hybridized carbons (Fsp3) is 0.0179. The second-order valence-corrected chi connectivity index (χ2v) is 15.2. The maximum Gasteiger partial charge on any atom is 0.164 e. The van der Waals surface area contributed by atoms with E-state index in [1.165, 1.54) is 27.5 Å². The van der Waals surface area contributed by atoms with Gasteiger partial charge in [0.1, 0.15) is 11.3 Å². The molecule has 0 radical (unpaired) electrons. The molecule has 288 valence electrons. The number of benzene rings is 8. The van der Waals surface area contributed by atoms with Gasteiger partial charge in [0.05, 0.1) is 0 Å². The van der Waals surface area contributed by atoms with Gasteiger partial charge in [0.2, 0.25) is 0 Å². The van der Waals surface area contributed by atoms with Crippen LogP contribution in [-0.4, -0.2) is 15.0 Å². The molecule has 8 aromatic carbocycles. The average Bonchev–Trinajstić information content (AvgIpc) is 3.54. The van der Waals surface area contributed by atoms with Gasteiger partial charge in [0.15, 0.2) is 17.5 Å². The smallest absolute Gasteiger partial charge is 0.164 e. The second-order valence-electron chi connectivity index (χ2n) is 15.2. The molecular weight excluding hydrogens is 745 g/mol. The Morgan fingerprint density at radius 3 is 1.70 bits per heavy atom. The molecule has 1 aliphatic rings. The largest absolute Gasteiger partial charge is 0.460 e. The molecule has 0 spiro atoms. The molecule has 10 aromatic rings. The lowest BCUT2D eigenvalue weighted by atomic mass is 9.97. The molecule has 0 unspecified atom stereocenters. The number of fused-ring (bicyclic) bond motifs is 4. The van der Waals surface area contributed by atoms with E-state index in [2.05, 4.69) is 187 Å². The summed E-state index contributed by atoms with van der Waals surface area (Å²) in [5, 5.41) is 3.48. The summed E-state index contributed by atoms with van der Waals surface area (Å²) in [7, 11) is 0. The number of rotatable bonds is 8. The summed E-state index contributed by atoms with van der Waals surface area (Å²) in [4.78, 5) is 17.4. The van der Waals surface area contributed by atoms with E-state index in [0.717, 1.165) is 61.6 Å². The molecule has 0 amide bonds. The summed E-state index contributed by atoms with van der Waals surface area (Å²) in [6.45, 7) is 0. The quantitative estimate of drug-likeness (QED) is 0.154. The number of anilines is 2. The lowest BCUT2D eigenvalue weighted by molar-refractivity contribution is 0.564. The van der Waals surface area contributed by atoms with Crippen LogP contribution >= 0.6 is 0 Å². The van der Waals surface area contributed by atoms with Gasteiger partial charge >= 0.3 is 0 Å². The molecule has 2 aromatic heterocycles. The molecule has 0 fully saturated rings. The van der Waals surface area contributed by atoms with Crippen LogP contribution in [0.2, 0.25) is 0 Å². The Balaban J connectivity index is 0.970. The van der Waals surface area contributed by atoms with Crippen LogP contribution in [-0.2, 0) is 6.42 Å². The molecular formula is C56H38N4O. The first-order chi connectivity index (χ1) is 30.2. The maximum atomic E-state index is 6.67. The number of hydrogen-bond donors (Lipinski definition) is 0. The molecule has 0 saturated carbocycles. The number of allylic oxidation sites excluding steroid dienone is 2. The van der Waals surface area contributed by atoms with Crippen LogP contribution in [0, 0.1) is 0 Å². The van der Waals surface area contributed by atoms with Crippen molar-refractivity contribution in [3.8, 4) is 56.4 Å². The van der Waals surface area contributed by atoms with Crippen LogP contribution in [0.25, 0.3) is 84.2 Å². The molecule has 0 bridgehead atoms. The van der Waals surface area contributed by atoms with Crippen molar-refractivity contribution < 1.29 is 4.42 Å². The summed E-state index contributed by atoms with van der Waals surface area (Å²) in [6, 6.07) is 69.6. The molecule has 0 N–H and O–H groups in total. The fourth-order valence-electron chi connectivity index (χ4n) is 8.32. The van der Waals surface area contributed by atoms with Crippen LogP contribution in [0.5, 0.6) is 0 Å². The molecule has 1 aliphatic carbocycles. The monoisotopic (exact) mass is 782 g/mol. The Labute approximate surface area is 354 Å². The summed E-state index contributed by atoms with van der Waals surface area (Å²) in [5.41, 5.74) is 12.4. The van der Waals surface area contributed by atoms with Crippen molar-refractivity contribution in [2.75, 3.05) is 4.90 Å². The first-order valence-electron chi connectivity index (χ1n) is 20.6. The van der Waals surface area contributed by atoms with Crippen molar-refractivity contribution in [1.82, 2.24) is 15.0 Å². The molecule has 0 atom stereocenters. The Morgan fingerprint density at radius 1 is 0.426 bits per heavy atom. The zero-order valence-electron chi connectivity index (χ0n) is 33.2. The predicted octanol–water partition coefficient (Wildman–Crippen LogP) is 14.4. The SMILES string of the molecule is C1=CC(N(c2ccccc2)c2ccc(-c3ccccc3)cc2)=Cc2c(oc3cc(-c4nc(-c5ccccc5)nc(-c5ccc(-c6cccc7ccccc67)cc5)n4)ccc23)C1. The number of nitrogens with zero attached hydrogens (tertiary/aromatic N) is 4. The zero-order valence-corrected chi connectivity index (χ0v) is 33.2. The number of furan rings is 1. The van der Waals surface area contributed by atoms with Gasteiger partial charge < -0.3 is 9.32 Å². The van der Waals surface area contributed by atoms with Crippen molar-refractivity contribution in [1.29, 1.82) is 0 Å². The van der Waals surface area contributed by atoms with Crippen LogP contribution in [0.1, 0.15) is 11.3 Å². The van der Waals surface area contributed by atoms with Crippen molar-refractivity contribution in [2.24, 2.45) is 0 Å². The Kier molecular flexibility index (Phi) is 9.17. The van der Waals surface area contributed by atoms with Gasteiger partial charge in [-0.25, -0.2) is 15.0 Å². The summed E-state index contributed by atoms with van der Waals surface area (Å²) >= 11 is 0. The fourth-order valence-corrected chi connectivity index (χ4v) is 8.32. The highest BCUT2D eigenvalue weighted by atomic mass is 16.3. The third kappa shape index (κ3) is 6.98. The van der Waals surface area contributed by atoms with Gasteiger partial charge in [-0.1, -0.05) is 170 Å². The lowest BCUT2D eigenvalue weighted by Gasteiger charge is -2.26. The van der Waals surface area contributed by atoms with E-state index in [-0.39, 0.29) is 0 Å². The van der Waals surface area contributed by atoms with E-state index >= 15 is 0 Å². The van der Waals surface area contributed by atoms with Gasteiger partial charge in [0, 0.05) is 51.1 Å². The summed E-state index contributed by atoms with van der Waals surface area (Å²) in [5.74, 6) is 2.72. The molecule has 61 heavy (non-hydrogen) atoms. The number of aromatic nitrogens is 3. The number of hydrogen-bond acceptors (Lipinski definition) is 5. The highest BCUT2D eigenvalue weighted by Crippen LogP contribution is 2.39. The first-order valence-corrected chi connectivity index (χ1v) is 20.6. The first kappa shape index (κ1) is 36.0. The van der Waals surface area contributed by atoms with Crippen LogP contribution in [0.15, 0.2) is 222 Å². The minimum Gasteiger partial charge on any atom is -0.460 e. The average molecular weight is 783 g/mol. The highest BCUT2D eigenvalue weighted by Gasteiger charge is 2.21. The van der Waals surface area contributed by atoms with Crippen molar-refractivity contribution in [3.63, 3.8) is 0 Å². The third-order valence-corrected chi connectivity index (χ3v) is 11.4. The van der Waals surface area contributed by atoms with Gasteiger partial charge in [-0.15, -0.1) is 0 Å². The van der Waals surface area contributed by atoms with Gasteiger partial charge in [0.25, 0.3) is 0 Å². The van der Waals surface area contributed by atoms with E-state index in [1.807, 2.05) is 36.4 Å². The standard InChI is InChI=1S/C56H38N4O/c1-4-14-38(15-5-1)39-30-33-46(34-31-39)60(45-20-8-3-9-21-45)47-22-13-25-52-51(37-47)50-35-32-44(36-53(50)61-52)56-58-54(42-17-6-2-7-18-42)57-55(59-56)43-28-26-41(27-29-43)49-24-12-19-40-16-10-11-23-48(40)49/h1-24,26-37H,25H2. The van der Waals surface area contributed by atoms with E-state index in [4.69, 9.17) is 19.4 Å². The summed E-state index contributed by atoms with van der Waals surface area (Å²) in [6.07, 6.45) is 7.29. The normalized spacial score (nSPS) is 12.2. The highest BCUT2D eigenvalue weighted by molar-refractivity contribution is 5.97. The molecule has 5 nitrogen and oxygen atoms in total. The molecule has 5 heteroatoms. The minimum absolute atomic E-state index is 0.584. The van der Waals surface area contributed by atoms with Gasteiger partial charge in [-0.3, -0.25) is 0 Å². The minimum atomic E-state index is 0.584. The molecule has 11 rings (SSSR count). The molecule has 0 aliphatic heterocycles. The number of para-hydroxylation sites is 1. The molecule has 0 saturated heterocycles. The van der Waals surface area contributed by atoms with Crippen LogP contribution < -0.4 is 4.90 Å². The van der Waals surface area contributed by atoms with Crippen LogP contribution in [0.3, 0.4) is 0 Å². The van der Waals surface area contributed by atoms with Crippen LogP contribution in [0.4, 0.5) is 11.4 Å². The van der Waals surface area contributed by atoms with E-state index in [0.29, 0.717) is 23.9 Å². The van der Waals surface area contributed by atoms with Gasteiger partial charge in [-0.05, 0) is 81.6 Å². The lowest BCUT2D eigenvalue weighted by Crippen LogP contribution is -2.14. The molecule has 2 heterocycles. The van der Waals surface area contributed by atoms with Crippen molar-refractivity contribution in [3.05, 3.63) is 229 Å². The van der Waals surface area contributed by atoms with Crippen molar-refractivity contribution in [2.45, 2.75) is 6.42 Å². The third-order valence-electron chi connectivity index (χ3n) is 11.4. The van der Waals surface area contributed by atoms with E-state index in [9.17, 15) is 0 Å². The summed E-state index contributed by atoms with van der Waals surface area (Å²) < 4.78 is 6.67. The van der Waals surface area contributed by atoms with E-state index in [1.54, 1.807) is 0 Å². The second kappa shape index (κ2) is 15.6. The zero-order chi connectivity index (χ0) is 40.5. The van der Waals surface area contributed by atoms with Crippen molar-refractivity contribution >= 4 is 39.2 Å². The Morgan fingerprint density at radius 2 is 0.967 bits per heavy atom. The Bertz CT molecular complexity index is 3240. The van der Waals surface area contributed by atoms with E-state index < -0.39 is 0 Å². The predicted molar refractivity (Wildman–Crippen MR) is 250 cm³/mol. The van der Waals surface area contributed by atoms with Gasteiger partial charge in [-0.2, -0.15) is 0 Å².